The van der Waals surface area contributed by atoms with Crippen molar-refractivity contribution >= 4 is 23.2 Å². The van der Waals surface area contributed by atoms with E-state index in [1.165, 1.54) is 25.3 Å². The van der Waals surface area contributed by atoms with E-state index in [2.05, 4.69) is 5.32 Å². The van der Waals surface area contributed by atoms with Gasteiger partial charge in [-0.3, -0.25) is 4.79 Å². The molecule has 0 saturated carbocycles. The number of nitrogens with one attached hydrogen (secondary N) is 1. The highest BCUT2D eigenvalue weighted by molar-refractivity contribution is 6.30. The lowest BCUT2D eigenvalue weighted by Gasteiger charge is -2.15. The fourth-order valence-corrected chi connectivity index (χ4v) is 3.05. The van der Waals surface area contributed by atoms with E-state index in [0.29, 0.717) is 17.1 Å². The van der Waals surface area contributed by atoms with Crippen LogP contribution in [0, 0.1) is 6.92 Å². The minimum absolute atomic E-state index is 0.0784. The number of carbonyl (C=O) groups excluding carboxylic acids is 1. The number of carbonyl (C=O) groups is 1. The molecule has 3 rings (SSSR count). The van der Waals surface area contributed by atoms with Crippen LogP contribution in [0.5, 0.6) is 11.5 Å². The summed E-state index contributed by atoms with van der Waals surface area (Å²) < 4.78 is 50.9. The normalized spacial score (nSPS) is 11.2. The molecule has 31 heavy (non-hydrogen) atoms. The van der Waals surface area contributed by atoms with Crippen molar-refractivity contribution in [3.05, 3.63) is 87.9 Å². The molecule has 0 aromatic heterocycles. The first-order chi connectivity index (χ1) is 14.7. The molecule has 0 heterocycles. The molecule has 3 aromatic carbocycles. The Bertz CT molecular complexity index is 1080. The predicted molar refractivity (Wildman–Crippen MR) is 113 cm³/mol. The van der Waals surface area contributed by atoms with E-state index in [1.54, 1.807) is 6.07 Å². The van der Waals surface area contributed by atoms with Crippen molar-refractivity contribution in [2.24, 2.45) is 0 Å². The van der Waals surface area contributed by atoms with Gasteiger partial charge < -0.3 is 14.8 Å². The zero-order valence-electron chi connectivity index (χ0n) is 16.7. The van der Waals surface area contributed by atoms with Gasteiger partial charge in [-0.1, -0.05) is 29.3 Å². The monoisotopic (exact) mass is 449 g/mol. The number of amides is 1. The SMILES string of the molecule is COc1ccc(C(=O)Nc2ccc(Cl)cc2C(F)(F)F)cc1COc1ccc(C)cc1. The molecule has 0 bridgehead atoms. The molecule has 0 aliphatic heterocycles. The summed E-state index contributed by atoms with van der Waals surface area (Å²) in [5.74, 6) is 0.427. The number of hydrogen-bond acceptors (Lipinski definition) is 3. The molecular formula is C23H19ClF3NO3. The molecule has 0 saturated heterocycles. The second-order valence-electron chi connectivity index (χ2n) is 6.77. The lowest BCUT2D eigenvalue weighted by Crippen LogP contribution is -2.17. The summed E-state index contributed by atoms with van der Waals surface area (Å²) in [6.07, 6.45) is -4.67. The van der Waals surface area contributed by atoms with E-state index >= 15 is 0 Å². The summed E-state index contributed by atoms with van der Waals surface area (Å²) in [5, 5.41) is 2.23. The first kappa shape index (κ1) is 22.5. The Kier molecular flexibility index (Phi) is 6.75. The third kappa shape index (κ3) is 5.70. The number of benzene rings is 3. The van der Waals surface area contributed by atoms with Gasteiger partial charge in [-0.25, -0.2) is 0 Å². The number of aryl methyl sites for hydroxylation is 1. The maximum atomic E-state index is 13.3. The fraction of sp³-hybridized carbons (Fsp3) is 0.174. The van der Waals surface area contributed by atoms with Crippen molar-refractivity contribution < 1.29 is 27.4 Å². The molecule has 1 N–H and O–H groups in total. The van der Waals surface area contributed by atoms with Gasteiger partial charge in [0.1, 0.15) is 18.1 Å². The molecule has 0 fully saturated rings. The number of anilines is 1. The van der Waals surface area contributed by atoms with Crippen LogP contribution < -0.4 is 14.8 Å². The summed E-state index contributed by atoms with van der Waals surface area (Å²) in [6, 6.07) is 15.2. The van der Waals surface area contributed by atoms with E-state index in [-0.39, 0.29) is 22.9 Å². The van der Waals surface area contributed by atoms with Crippen LogP contribution >= 0.6 is 11.6 Å². The minimum Gasteiger partial charge on any atom is -0.496 e. The van der Waals surface area contributed by atoms with Gasteiger partial charge in [0.25, 0.3) is 5.91 Å². The maximum Gasteiger partial charge on any atom is 0.418 e. The second kappa shape index (κ2) is 9.31. The summed E-state index contributed by atoms with van der Waals surface area (Å²) in [4.78, 5) is 12.6. The standard InChI is InChI=1S/C23H19ClF3NO3/c1-14-3-7-18(8-4-14)31-13-16-11-15(5-10-21(16)30-2)22(29)28-20-9-6-17(24)12-19(20)23(25,26)27/h3-12H,13H2,1-2H3,(H,28,29). The van der Waals surface area contributed by atoms with Crippen LogP contribution in [-0.2, 0) is 12.8 Å². The molecule has 0 spiro atoms. The molecular weight excluding hydrogens is 431 g/mol. The van der Waals surface area contributed by atoms with Crippen LogP contribution in [0.3, 0.4) is 0 Å². The van der Waals surface area contributed by atoms with Crippen LogP contribution in [0.15, 0.2) is 60.7 Å². The highest BCUT2D eigenvalue weighted by atomic mass is 35.5. The van der Waals surface area contributed by atoms with Gasteiger partial charge in [-0.15, -0.1) is 0 Å². The molecule has 162 valence electrons. The number of rotatable bonds is 6. The average Bonchev–Trinajstić information content (AvgIpc) is 2.73. The highest BCUT2D eigenvalue weighted by Crippen LogP contribution is 2.36. The Labute approximate surface area is 182 Å². The van der Waals surface area contributed by atoms with Gasteiger partial charge in [0, 0.05) is 16.1 Å². The third-order valence-corrected chi connectivity index (χ3v) is 4.73. The van der Waals surface area contributed by atoms with Crippen LogP contribution in [0.25, 0.3) is 0 Å². The summed E-state index contributed by atoms with van der Waals surface area (Å²) in [6.45, 7) is 2.07. The van der Waals surface area contributed by atoms with Crippen LogP contribution in [-0.4, -0.2) is 13.0 Å². The Morgan fingerprint density at radius 1 is 1.03 bits per heavy atom. The van der Waals surface area contributed by atoms with Crippen molar-refractivity contribution in [1.29, 1.82) is 0 Å². The number of halogens is 4. The van der Waals surface area contributed by atoms with Crippen LogP contribution in [0.2, 0.25) is 5.02 Å². The largest absolute Gasteiger partial charge is 0.496 e. The lowest BCUT2D eigenvalue weighted by atomic mass is 10.1. The van der Waals surface area contributed by atoms with E-state index in [9.17, 15) is 18.0 Å². The highest BCUT2D eigenvalue weighted by Gasteiger charge is 2.34. The topological polar surface area (TPSA) is 47.6 Å². The molecule has 1 amide bonds. The van der Waals surface area contributed by atoms with E-state index in [4.69, 9.17) is 21.1 Å². The Balaban J connectivity index is 1.82. The minimum atomic E-state index is -4.67. The smallest absolute Gasteiger partial charge is 0.418 e. The van der Waals surface area contributed by atoms with E-state index in [1.807, 2.05) is 31.2 Å². The van der Waals surface area contributed by atoms with Crippen molar-refractivity contribution in [3.63, 3.8) is 0 Å². The zero-order valence-corrected chi connectivity index (χ0v) is 17.5. The first-order valence-corrected chi connectivity index (χ1v) is 9.59. The second-order valence-corrected chi connectivity index (χ2v) is 7.21. The van der Waals surface area contributed by atoms with E-state index < -0.39 is 17.6 Å². The molecule has 3 aromatic rings. The third-order valence-electron chi connectivity index (χ3n) is 4.49. The predicted octanol–water partition coefficient (Wildman–Crippen LogP) is 6.51. The summed E-state index contributed by atoms with van der Waals surface area (Å²) >= 11 is 5.68. The van der Waals surface area contributed by atoms with Crippen LogP contribution in [0.1, 0.15) is 27.0 Å². The zero-order chi connectivity index (χ0) is 22.6. The lowest BCUT2D eigenvalue weighted by molar-refractivity contribution is -0.136. The maximum absolute atomic E-state index is 13.3. The molecule has 0 atom stereocenters. The average molecular weight is 450 g/mol. The summed E-state index contributed by atoms with van der Waals surface area (Å²) in [5.41, 5.74) is 0.415. The number of hydrogen-bond donors (Lipinski definition) is 1. The first-order valence-electron chi connectivity index (χ1n) is 9.22. The van der Waals surface area contributed by atoms with Gasteiger partial charge in [0.05, 0.1) is 18.4 Å². The number of methoxy groups -OCH3 is 1. The van der Waals surface area contributed by atoms with E-state index in [0.717, 1.165) is 17.7 Å². The Morgan fingerprint density at radius 3 is 2.39 bits per heavy atom. The van der Waals surface area contributed by atoms with Gasteiger partial charge >= 0.3 is 6.18 Å². The van der Waals surface area contributed by atoms with Gasteiger partial charge in [-0.2, -0.15) is 13.2 Å². The molecule has 0 aliphatic carbocycles. The molecule has 8 heteroatoms. The van der Waals surface area contributed by atoms with Gasteiger partial charge in [0.2, 0.25) is 0 Å². The van der Waals surface area contributed by atoms with Crippen molar-refractivity contribution in [1.82, 2.24) is 0 Å². The molecule has 0 unspecified atom stereocenters. The van der Waals surface area contributed by atoms with Crippen LogP contribution in [0.4, 0.5) is 18.9 Å². The molecule has 0 aliphatic rings. The summed E-state index contributed by atoms with van der Waals surface area (Å²) in [7, 11) is 1.48. The number of ether oxygens (including phenoxy) is 2. The number of alkyl halides is 3. The van der Waals surface area contributed by atoms with Crippen molar-refractivity contribution in [2.45, 2.75) is 19.7 Å². The quantitative estimate of drug-likeness (QED) is 0.467. The molecule has 4 nitrogen and oxygen atoms in total. The van der Waals surface area contributed by atoms with Gasteiger partial charge in [0.15, 0.2) is 0 Å². The fourth-order valence-electron chi connectivity index (χ4n) is 2.88. The van der Waals surface area contributed by atoms with Crippen molar-refractivity contribution in [3.8, 4) is 11.5 Å². The van der Waals surface area contributed by atoms with Gasteiger partial charge in [-0.05, 0) is 55.5 Å². The Morgan fingerprint density at radius 2 is 1.74 bits per heavy atom. The molecule has 0 radical (unpaired) electrons. The Hall–Kier alpha value is -3.19. The van der Waals surface area contributed by atoms with Crippen molar-refractivity contribution in [2.75, 3.05) is 12.4 Å².